The summed E-state index contributed by atoms with van der Waals surface area (Å²) in [7, 11) is 0. The predicted octanol–water partition coefficient (Wildman–Crippen LogP) is 1.46. The number of nitrogens with zero attached hydrogens (tertiary/aromatic N) is 4. The SMILES string of the molecule is CCN1CCN(C(=O)Cc2ccc(N3C(=O)NC(Cc4ccncc4)C3=O)cc2)CC1. The first-order valence-electron chi connectivity index (χ1n) is 10.7. The highest BCUT2D eigenvalue weighted by Crippen LogP contribution is 2.22. The van der Waals surface area contributed by atoms with E-state index in [2.05, 4.69) is 22.1 Å². The number of anilines is 1. The second kappa shape index (κ2) is 9.26. The maximum Gasteiger partial charge on any atom is 0.329 e. The zero-order valence-corrected chi connectivity index (χ0v) is 17.7. The molecule has 2 saturated heterocycles. The first-order valence-corrected chi connectivity index (χ1v) is 10.7. The van der Waals surface area contributed by atoms with Gasteiger partial charge in [0.2, 0.25) is 5.91 Å². The van der Waals surface area contributed by atoms with E-state index in [1.54, 1.807) is 24.5 Å². The van der Waals surface area contributed by atoms with Gasteiger partial charge in [0.1, 0.15) is 6.04 Å². The third-order valence-electron chi connectivity index (χ3n) is 5.93. The van der Waals surface area contributed by atoms with Gasteiger partial charge in [0.05, 0.1) is 12.1 Å². The maximum atomic E-state index is 12.8. The molecule has 1 unspecified atom stereocenters. The monoisotopic (exact) mass is 421 g/mol. The Hall–Kier alpha value is -3.26. The van der Waals surface area contributed by atoms with E-state index >= 15 is 0 Å². The van der Waals surface area contributed by atoms with Gasteiger partial charge in [-0.15, -0.1) is 0 Å². The molecule has 0 bridgehead atoms. The van der Waals surface area contributed by atoms with Crippen LogP contribution in [0.2, 0.25) is 0 Å². The molecule has 162 valence electrons. The Morgan fingerprint density at radius 1 is 1.00 bits per heavy atom. The molecular weight excluding hydrogens is 394 g/mol. The second-order valence-corrected chi connectivity index (χ2v) is 7.89. The fraction of sp³-hybridized carbons (Fsp3) is 0.391. The quantitative estimate of drug-likeness (QED) is 0.714. The van der Waals surface area contributed by atoms with Gasteiger partial charge in [-0.1, -0.05) is 19.1 Å². The van der Waals surface area contributed by atoms with E-state index < -0.39 is 12.1 Å². The van der Waals surface area contributed by atoms with E-state index in [0.717, 1.165) is 43.9 Å². The number of carbonyl (C=O) groups excluding carboxylic acids is 3. The minimum Gasteiger partial charge on any atom is -0.340 e. The third kappa shape index (κ3) is 4.74. The molecule has 2 aliphatic heterocycles. The van der Waals surface area contributed by atoms with E-state index in [0.29, 0.717) is 18.5 Å². The molecule has 1 atom stereocenters. The van der Waals surface area contributed by atoms with Gasteiger partial charge in [0, 0.05) is 45.0 Å². The number of likely N-dealkylation sites (N-methyl/N-ethyl adjacent to an activating group) is 1. The van der Waals surface area contributed by atoms with Crippen molar-refractivity contribution >= 4 is 23.5 Å². The van der Waals surface area contributed by atoms with Crippen molar-refractivity contribution in [1.29, 1.82) is 0 Å². The van der Waals surface area contributed by atoms with Crippen LogP contribution in [0.5, 0.6) is 0 Å². The number of aromatic nitrogens is 1. The van der Waals surface area contributed by atoms with Gasteiger partial charge in [-0.05, 0) is 41.9 Å². The fourth-order valence-corrected chi connectivity index (χ4v) is 4.03. The Bertz CT molecular complexity index is 939. The van der Waals surface area contributed by atoms with E-state index in [9.17, 15) is 14.4 Å². The summed E-state index contributed by atoms with van der Waals surface area (Å²) < 4.78 is 0. The number of imide groups is 1. The zero-order chi connectivity index (χ0) is 21.8. The molecule has 8 heteroatoms. The van der Waals surface area contributed by atoms with Gasteiger partial charge in [-0.25, -0.2) is 9.69 Å². The van der Waals surface area contributed by atoms with Gasteiger partial charge in [0.15, 0.2) is 0 Å². The number of piperazine rings is 1. The Labute approximate surface area is 181 Å². The smallest absolute Gasteiger partial charge is 0.329 e. The predicted molar refractivity (Wildman–Crippen MR) is 117 cm³/mol. The Kier molecular flexibility index (Phi) is 6.27. The standard InChI is InChI=1S/C23H27N5O3/c1-2-26-11-13-27(14-12-26)21(29)16-17-3-5-19(6-4-17)28-22(30)20(25-23(28)31)15-18-7-9-24-10-8-18/h3-10,20H,2,11-16H2,1H3,(H,25,31). The maximum absolute atomic E-state index is 12.8. The molecule has 0 saturated carbocycles. The Morgan fingerprint density at radius 2 is 1.68 bits per heavy atom. The van der Waals surface area contributed by atoms with E-state index in [-0.39, 0.29) is 11.8 Å². The fourth-order valence-electron chi connectivity index (χ4n) is 4.03. The number of rotatable bonds is 6. The number of amides is 4. The molecule has 4 rings (SSSR count). The molecule has 4 amide bonds. The molecular formula is C23H27N5O3. The van der Waals surface area contributed by atoms with Gasteiger partial charge in [0.25, 0.3) is 5.91 Å². The van der Waals surface area contributed by atoms with Crippen LogP contribution in [-0.2, 0) is 22.4 Å². The first kappa shape index (κ1) is 21.0. The van der Waals surface area contributed by atoms with Crippen LogP contribution in [0.15, 0.2) is 48.8 Å². The van der Waals surface area contributed by atoms with E-state index in [1.807, 2.05) is 29.2 Å². The minimum atomic E-state index is -0.599. The van der Waals surface area contributed by atoms with Crippen molar-refractivity contribution in [3.63, 3.8) is 0 Å². The largest absolute Gasteiger partial charge is 0.340 e. The molecule has 0 spiro atoms. The number of hydrogen-bond donors (Lipinski definition) is 1. The van der Waals surface area contributed by atoms with Crippen LogP contribution in [0.3, 0.4) is 0 Å². The van der Waals surface area contributed by atoms with Crippen molar-refractivity contribution in [2.45, 2.75) is 25.8 Å². The summed E-state index contributed by atoms with van der Waals surface area (Å²) in [6, 6.07) is 9.71. The molecule has 1 N–H and O–H groups in total. The van der Waals surface area contributed by atoms with Crippen molar-refractivity contribution in [3.05, 3.63) is 59.9 Å². The van der Waals surface area contributed by atoms with Crippen LogP contribution in [-0.4, -0.2) is 71.4 Å². The van der Waals surface area contributed by atoms with E-state index in [1.165, 1.54) is 4.90 Å². The average molecular weight is 422 g/mol. The lowest BCUT2D eigenvalue weighted by Crippen LogP contribution is -2.48. The molecule has 0 radical (unpaired) electrons. The first-order chi connectivity index (χ1) is 15.0. The topological polar surface area (TPSA) is 85.8 Å². The minimum absolute atomic E-state index is 0.107. The Balaban J connectivity index is 1.37. The molecule has 2 aliphatic rings. The van der Waals surface area contributed by atoms with Crippen LogP contribution in [0.1, 0.15) is 18.1 Å². The highest BCUT2D eigenvalue weighted by atomic mass is 16.2. The normalized spacial score (nSPS) is 19.6. The summed E-state index contributed by atoms with van der Waals surface area (Å²) >= 11 is 0. The van der Waals surface area contributed by atoms with Crippen molar-refractivity contribution < 1.29 is 14.4 Å². The molecule has 1 aromatic heterocycles. The Morgan fingerprint density at radius 3 is 2.32 bits per heavy atom. The lowest BCUT2D eigenvalue weighted by molar-refractivity contribution is -0.132. The van der Waals surface area contributed by atoms with Crippen LogP contribution < -0.4 is 10.2 Å². The third-order valence-corrected chi connectivity index (χ3v) is 5.93. The van der Waals surface area contributed by atoms with Gasteiger partial charge in [-0.2, -0.15) is 0 Å². The number of hydrogen-bond acceptors (Lipinski definition) is 5. The van der Waals surface area contributed by atoms with Crippen molar-refractivity contribution in [2.75, 3.05) is 37.6 Å². The van der Waals surface area contributed by atoms with Crippen LogP contribution >= 0.6 is 0 Å². The average Bonchev–Trinajstić information content (AvgIpc) is 3.08. The lowest BCUT2D eigenvalue weighted by Gasteiger charge is -2.34. The second-order valence-electron chi connectivity index (χ2n) is 7.89. The molecule has 2 fully saturated rings. The number of carbonyl (C=O) groups is 3. The highest BCUT2D eigenvalue weighted by Gasteiger charge is 2.38. The number of urea groups is 1. The van der Waals surface area contributed by atoms with Crippen molar-refractivity contribution in [3.8, 4) is 0 Å². The molecule has 31 heavy (non-hydrogen) atoms. The summed E-state index contributed by atoms with van der Waals surface area (Å²) in [4.78, 5) is 47.2. The van der Waals surface area contributed by atoms with Gasteiger partial charge < -0.3 is 15.1 Å². The lowest BCUT2D eigenvalue weighted by atomic mass is 10.1. The summed E-state index contributed by atoms with van der Waals surface area (Å²) in [6.45, 7) is 6.47. The van der Waals surface area contributed by atoms with Crippen molar-refractivity contribution in [2.24, 2.45) is 0 Å². The number of pyridine rings is 1. The summed E-state index contributed by atoms with van der Waals surface area (Å²) in [5, 5.41) is 2.75. The zero-order valence-electron chi connectivity index (χ0n) is 17.7. The van der Waals surface area contributed by atoms with E-state index in [4.69, 9.17) is 0 Å². The van der Waals surface area contributed by atoms with Crippen LogP contribution in [0, 0.1) is 0 Å². The summed E-state index contributed by atoms with van der Waals surface area (Å²) in [6.07, 6.45) is 4.06. The highest BCUT2D eigenvalue weighted by molar-refractivity contribution is 6.21. The van der Waals surface area contributed by atoms with Crippen molar-refractivity contribution in [1.82, 2.24) is 20.1 Å². The molecule has 2 aromatic rings. The molecule has 3 heterocycles. The molecule has 8 nitrogen and oxygen atoms in total. The van der Waals surface area contributed by atoms with Gasteiger partial charge in [-0.3, -0.25) is 14.6 Å². The van der Waals surface area contributed by atoms with Gasteiger partial charge >= 0.3 is 6.03 Å². The molecule has 1 aromatic carbocycles. The number of benzene rings is 1. The summed E-state index contributed by atoms with van der Waals surface area (Å²) in [5.74, 6) is -0.171. The van der Waals surface area contributed by atoms with Crippen LogP contribution in [0.25, 0.3) is 0 Å². The van der Waals surface area contributed by atoms with Crippen LogP contribution in [0.4, 0.5) is 10.5 Å². The number of nitrogens with one attached hydrogen (secondary N) is 1. The summed E-state index contributed by atoms with van der Waals surface area (Å²) in [5.41, 5.74) is 2.31. The molecule has 0 aliphatic carbocycles.